The van der Waals surface area contributed by atoms with Crippen LogP contribution in [-0.4, -0.2) is 36.4 Å². The van der Waals surface area contributed by atoms with Crippen LogP contribution in [0.5, 0.6) is 11.5 Å². The molecule has 1 aliphatic heterocycles. The van der Waals surface area contributed by atoms with Gasteiger partial charge in [0.15, 0.2) is 0 Å². The van der Waals surface area contributed by atoms with Crippen LogP contribution in [0.1, 0.15) is 12.0 Å². The van der Waals surface area contributed by atoms with Crippen molar-refractivity contribution in [3.8, 4) is 11.5 Å². The van der Waals surface area contributed by atoms with E-state index in [0.717, 1.165) is 41.5 Å². The van der Waals surface area contributed by atoms with Gasteiger partial charge in [0.2, 0.25) is 0 Å². The Labute approximate surface area is 164 Å². The molecule has 0 saturated carbocycles. The fourth-order valence-corrected chi connectivity index (χ4v) is 3.23. The van der Waals surface area contributed by atoms with Gasteiger partial charge in [0, 0.05) is 37.6 Å². The summed E-state index contributed by atoms with van der Waals surface area (Å²) in [5, 5.41) is 0. The third kappa shape index (κ3) is 4.23. The van der Waals surface area contributed by atoms with Crippen molar-refractivity contribution in [2.75, 3.05) is 25.2 Å². The van der Waals surface area contributed by atoms with Crippen molar-refractivity contribution in [2.24, 2.45) is 0 Å². The lowest BCUT2D eigenvalue weighted by Gasteiger charge is -2.28. The Morgan fingerprint density at radius 3 is 2.64 bits per heavy atom. The van der Waals surface area contributed by atoms with Gasteiger partial charge in [-0.05, 0) is 35.9 Å². The van der Waals surface area contributed by atoms with Crippen molar-refractivity contribution in [3.05, 3.63) is 72.8 Å². The summed E-state index contributed by atoms with van der Waals surface area (Å²) in [6.45, 7) is 1.97. The molecule has 2 aromatic heterocycles. The zero-order valence-corrected chi connectivity index (χ0v) is 15.8. The van der Waals surface area contributed by atoms with Crippen molar-refractivity contribution < 1.29 is 14.2 Å². The van der Waals surface area contributed by atoms with E-state index in [1.54, 1.807) is 19.5 Å². The molecule has 1 saturated heterocycles. The average molecular weight is 377 g/mol. The Bertz CT molecular complexity index is 884. The molecule has 0 radical (unpaired) electrons. The third-order valence-electron chi connectivity index (χ3n) is 4.66. The number of ether oxygens (including phenoxy) is 3. The van der Waals surface area contributed by atoms with Crippen LogP contribution in [0, 0.1) is 0 Å². The lowest BCUT2D eigenvalue weighted by Crippen LogP contribution is -2.21. The summed E-state index contributed by atoms with van der Waals surface area (Å²) in [6.07, 6.45) is 8.19. The van der Waals surface area contributed by atoms with Crippen LogP contribution in [0.25, 0.3) is 0 Å². The van der Waals surface area contributed by atoms with E-state index in [1.165, 1.54) is 0 Å². The van der Waals surface area contributed by atoms with E-state index >= 15 is 0 Å². The standard InChI is InChI=1S/C22H23N3O3/c1-26-19-6-7-21(22(12-19)28-20-8-11-27-16-20)25(18-5-3-10-24-14-18)15-17-4-2-9-23-13-17/h2-7,9-10,12-14,20H,8,11,15-16H2,1H3/t20-/m1/s1. The first-order valence-corrected chi connectivity index (χ1v) is 9.32. The number of hydrogen-bond donors (Lipinski definition) is 0. The molecule has 1 aromatic carbocycles. The molecule has 6 heteroatoms. The van der Waals surface area contributed by atoms with E-state index < -0.39 is 0 Å². The summed E-state index contributed by atoms with van der Waals surface area (Å²) >= 11 is 0. The van der Waals surface area contributed by atoms with Crippen LogP contribution in [0.2, 0.25) is 0 Å². The minimum absolute atomic E-state index is 0.0417. The maximum absolute atomic E-state index is 6.31. The van der Waals surface area contributed by atoms with Crippen LogP contribution < -0.4 is 14.4 Å². The van der Waals surface area contributed by atoms with Crippen molar-refractivity contribution in [2.45, 2.75) is 19.1 Å². The Morgan fingerprint density at radius 2 is 1.96 bits per heavy atom. The lowest BCUT2D eigenvalue weighted by atomic mass is 10.2. The van der Waals surface area contributed by atoms with Crippen LogP contribution in [0.4, 0.5) is 11.4 Å². The summed E-state index contributed by atoms with van der Waals surface area (Å²) in [7, 11) is 1.66. The van der Waals surface area contributed by atoms with Gasteiger partial charge in [-0.15, -0.1) is 0 Å². The van der Waals surface area contributed by atoms with Gasteiger partial charge in [-0.1, -0.05) is 6.07 Å². The fourth-order valence-electron chi connectivity index (χ4n) is 3.23. The number of nitrogens with zero attached hydrogens (tertiary/aromatic N) is 3. The average Bonchev–Trinajstić information content (AvgIpc) is 3.27. The highest BCUT2D eigenvalue weighted by atomic mass is 16.5. The molecular weight excluding hydrogens is 354 g/mol. The first kappa shape index (κ1) is 18.3. The van der Waals surface area contributed by atoms with Crippen molar-refractivity contribution in [3.63, 3.8) is 0 Å². The number of pyridine rings is 2. The number of anilines is 2. The zero-order chi connectivity index (χ0) is 19.2. The number of methoxy groups -OCH3 is 1. The topological polar surface area (TPSA) is 56.7 Å². The predicted octanol–water partition coefficient (Wildman–Crippen LogP) is 3.99. The van der Waals surface area contributed by atoms with Crippen molar-refractivity contribution >= 4 is 11.4 Å². The molecule has 0 aliphatic carbocycles. The van der Waals surface area contributed by atoms with E-state index in [1.807, 2.05) is 48.8 Å². The molecule has 1 fully saturated rings. The number of benzene rings is 1. The molecule has 3 heterocycles. The van der Waals surface area contributed by atoms with E-state index in [9.17, 15) is 0 Å². The first-order valence-electron chi connectivity index (χ1n) is 9.32. The molecule has 1 aliphatic rings. The highest BCUT2D eigenvalue weighted by molar-refractivity contribution is 5.70. The van der Waals surface area contributed by atoms with Crippen LogP contribution in [-0.2, 0) is 11.3 Å². The summed E-state index contributed by atoms with van der Waals surface area (Å²) in [5.41, 5.74) is 3.02. The zero-order valence-electron chi connectivity index (χ0n) is 15.8. The fraction of sp³-hybridized carbons (Fsp3) is 0.273. The van der Waals surface area contributed by atoms with Crippen LogP contribution in [0.15, 0.2) is 67.3 Å². The van der Waals surface area contributed by atoms with E-state index in [4.69, 9.17) is 14.2 Å². The van der Waals surface area contributed by atoms with Crippen LogP contribution in [0.3, 0.4) is 0 Å². The van der Waals surface area contributed by atoms with Gasteiger partial charge < -0.3 is 19.1 Å². The Hall–Kier alpha value is -3.12. The Balaban J connectivity index is 1.74. The van der Waals surface area contributed by atoms with Crippen molar-refractivity contribution in [1.82, 2.24) is 9.97 Å². The molecule has 0 N–H and O–H groups in total. The maximum atomic E-state index is 6.31. The Kier molecular flexibility index (Phi) is 5.68. The van der Waals surface area contributed by atoms with Gasteiger partial charge in [-0.25, -0.2) is 0 Å². The van der Waals surface area contributed by atoms with Gasteiger partial charge in [0.1, 0.15) is 17.6 Å². The SMILES string of the molecule is COc1ccc(N(Cc2cccnc2)c2cccnc2)c(O[C@@H]2CCOC2)c1. The third-order valence-corrected chi connectivity index (χ3v) is 4.66. The molecule has 1 atom stereocenters. The van der Waals surface area contributed by atoms with Gasteiger partial charge in [0.25, 0.3) is 0 Å². The Morgan fingerprint density at radius 1 is 1.11 bits per heavy atom. The lowest BCUT2D eigenvalue weighted by molar-refractivity contribution is 0.141. The highest BCUT2D eigenvalue weighted by Crippen LogP contribution is 2.38. The van der Waals surface area contributed by atoms with Crippen LogP contribution >= 0.6 is 0 Å². The van der Waals surface area contributed by atoms with Crippen molar-refractivity contribution in [1.29, 1.82) is 0 Å². The molecule has 28 heavy (non-hydrogen) atoms. The second-order valence-electron chi connectivity index (χ2n) is 6.60. The minimum atomic E-state index is 0.0417. The maximum Gasteiger partial charge on any atom is 0.147 e. The molecule has 0 spiro atoms. The normalized spacial score (nSPS) is 16.0. The summed E-state index contributed by atoms with van der Waals surface area (Å²) in [4.78, 5) is 10.7. The largest absolute Gasteiger partial charge is 0.497 e. The molecule has 6 nitrogen and oxygen atoms in total. The first-order chi connectivity index (χ1) is 13.8. The summed E-state index contributed by atoms with van der Waals surface area (Å²) in [5.74, 6) is 1.52. The molecule has 0 amide bonds. The van der Waals surface area contributed by atoms with Gasteiger partial charge in [0.05, 0.1) is 37.9 Å². The van der Waals surface area contributed by atoms with E-state index in [2.05, 4.69) is 20.9 Å². The molecule has 144 valence electrons. The molecule has 4 rings (SSSR count). The number of hydrogen-bond acceptors (Lipinski definition) is 6. The van der Waals surface area contributed by atoms with Gasteiger partial charge in [-0.3, -0.25) is 9.97 Å². The quantitative estimate of drug-likeness (QED) is 0.621. The monoisotopic (exact) mass is 377 g/mol. The summed E-state index contributed by atoms with van der Waals surface area (Å²) in [6, 6.07) is 13.9. The number of rotatable bonds is 7. The second-order valence-corrected chi connectivity index (χ2v) is 6.60. The predicted molar refractivity (Wildman–Crippen MR) is 107 cm³/mol. The molecule has 3 aromatic rings. The molecular formula is C22H23N3O3. The van der Waals surface area contributed by atoms with Gasteiger partial charge in [-0.2, -0.15) is 0 Å². The molecule has 0 unspecified atom stereocenters. The van der Waals surface area contributed by atoms with E-state index in [-0.39, 0.29) is 6.10 Å². The summed E-state index contributed by atoms with van der Waals surface area (Å²) < 4.78 is 17.2. The molecule has 0 bridgehead atoms. The smallest absolute Gasteiger partial charge is 0.147 e. The van der Waals surface area contributed by atoms with Gasteiger partial charge >= 0.3 is 0 Å². The highest BCUT2D eigenvalue weighted by Gasteiger charge is 2.22. The second kappa shape index (κ2) is 8.71. The van der Waals surface area contributed by atoms with E-state index in [0.29, 0.717) is 13.2 Å². The number of aromatic nitrogens is 2. The minimum Gasteiger partial charge on any atom is -0.497 e.